The molecule has 0 aliphatic carbocycles. The van der Waals surface area contributed by atoms with Crippen molar-refractivity contribution in [3.8, 4) is 11.5 Å². The molecule has 0 spiro atoms. The quantitative estimate of drug-likeness (QED) is 0.419. The van der Waals surface area contributed by atoms with Crippen molar-refractivity contribution in [1.29, 1.82) is 0 Å². The van der Waals surface area contributed by atoms with Crippen molar-refractivity contribution < 1.29 is 18.7 Å². The Balaban J connectivity index is 1.52. The lowest BCUT2D eigenvalue weighted by Crippen LogP contribution is -2.29. The summed E-state index contributed by atoms with van der Waals surface area (Å²) in [6.45, 7) is 2.44. The lowest BCUT2D eigenvalue weighted by Gasteiger charge is -2.25. The summed E-state index contributed by atoms with van der Waals surface area (Å²) in [4.78, 5) is 28.8. The summed E-state index contributed by atoms with van der Waals surface area (Å²) in [5.74, 6) is 1.05. The number of halogens is 1. The second-order valence-electron chi connectivity index (χ2n) is 8.25. The fourth-order valence-electron chi connectivity index (χ4n) is 4.49. The first kappa shape index (κ1) is 19.9. The number of ether oxygens (including phenoxy) is 2. The van der Waals surface area contributed by atoms with Crippen molar-refractivity contribution in [1.82, 2.24) is 4.90 Å². The van der Waals surface area contributed by atoms with Crippen LogP contribution in [0.2, 0.25) is 5.02 Å². The molecule has 7 heteroatoms. The van der Waals surface area contributed by atoms with Crippen LogP contribution in [-0.2, 0) is 6.54 Å². The molecule has 0 unspecified atom stereocenters. The van der Waals surface area contributed by atoms with E-state index in [0.29, 0.717) is 33.1 Å². The van der Waals surface area contributed by atoms with Gasteiger partial charge in [-0.2, -0.15) is 0 Å². The van der Waals surface area contributed by atoms with E-state index in [1.54, 1.807) is 23.1 Å². The van der Waals surface area contributed by atoms with E-state index in [0.717, 1.165) is 16.7 Å². The van der Waals surface area contributed by atoms with Crippen LogP contribution >= 0.6 is 11.6 Å². The Bertz CT molecular complexity index is 1490. The fourth-order valence-corrected chi connectivity index (χ4v) is 4.66. The molecule has 6 nitrogen and oxygen atoms in total. The van der Waals surface area contributed by atoms with Crippen LogP contribution in [0.4, 0.5) is 0 Å². The average molecular weight is 460 g/mol. The van der Waals surface area contributed by atoms with E-state index in [4.69, 9.17) is 25.5 Å². The summed E-state index contributed by atoms with van der Waals surface area (Å²) >= 11 is 6.14. The van der Waals surface area contributed by atoms with Gasteiger partial charge in [0, 0.05) is 11.6 Å². The van der Waals surface area contributed by atoms with Crippen LogP contribution in [0.15, 0.2) is 69.9 Å². The molecule has 0 saturated heterocycles. The molecule has 0 bridgehead atoms. The highest BCUT2D eigenvalue weighted by molar-refractivity contribution is 6.31. The van der Waals surface area contributed by atoms with Gasteiger partial charge in [-0.25, -0.2) is 0 Å². The lowest BCUT2D eigenvalue weighted by atomic mass is 9.97. The first-order valence-corrected chi connectivity index (χ1v) is 10.9. The molecule has 164 valence electrons. The Morgan fingerprint density at radius 1 is 0.970 bits per heavy atom. The predicted molar refractivity (Wildman–Crippen MR) is 123 cm³/mol. The highest BCUT2D eigenvalue weighted by atomic mass is 35.5. The molecule has 6 rings (SSSR count). The predicted octanol–water partition coefficient (Wildman–Crippen LogP) is 5.23. The van der Waals surface area contributed by atoms with Crippen molar-refractivity contribution in [2.75, 3.05) is 6.79 Å². The molecule has 2 aliphatic heterocycles. The first-order valence-electron chi connectivity index (χ1n) is 10.5. The van der Waals surface area contributed by atoms with Gasteiger partial charge in [0.15, 0.2) is 16.9 Å². The Kier molecular flexibility index (Phi) is 4.45. The zero-order chi connectivity index (χ0) is 22.7. The van der Waals surface area contributed by atoms with Crippen molar-refractivity contribution in [2.45, 2.75) is 19.5 Å². The number of hydrogen-bond donors (Lipinski definition) is 0. The Hall–Kier alpha value is -3.77. The highest BCUT2D eigenvalue weighted by Crippen LogP contribution is 2.40. The third-order valence-electron chi connectivity index (χ3n) is 6.11. The Labute approximate surface area is 193 Å². The maximum atomic E-state index is 13.6. The molecule has 1 atom stereocenters. The molecule has 3 heterocycles. The molecule has 2 aliphatic rings. The van der Waals surface area contributed by atoms with Crippen LogP contribution in [0.25, 0.3) is 11.0 Å². The lowest BCUT2D eigenvalue weighted by molar-refractivity contribution is 0.0714. The highest BCUT2D eigenvalue weighted by Gasteiger charge is 2.42. The summed E-state index contributed by atoms with van der Waals surface area (Å²) in [5.41, 5.74) is 3.20. The number of aryl methyl sites for hydroxylation is 1. The standard InChI is InChI=1S/C26H18ClNO5/c1-14-2-5-16(6-3-14)23-22-24(29)18-11-17(27)7-9-19(18)33-25(22)26(30)28(23)12-15-4-8-20-21(10-15)32-13-31-20/h2-11,23H,12-13H2,1H3/t23-/m0/s1. The number of nitrogens with zero attached hydrogens (tertiary/aromatic N) is 1. The number of hydrogen-bond acceptors (Lipinski definition) is 5. The van der Waals surface area contributed by atoms with Gasteiger partial charge >= 0.3 is 0 Å². The van der Waals surface area contributed by atoms with Gasteiger partial charge in [-0.15, -0.1) is 0 Å². The van der Waals surface area contributed by atoms with Crippen LogP contribution in [0.3, 0.4) is 0 Å². The molecule has 0 radical (unpaired) electrons. The minimum atomic E-state index is -0.585. The van der Waals surface area contributed by atoms with Gasteiger partial charge in [-0.1, -0.05) is 47.5 Å². The smallest absolute Gasteiger partial charge is 0.291 e. The maximum Gasteiger partial charge on any atom is 0.291 e. The van der Waals surface area contributed by atoms with Gasteiger partial charge in [0.2, 0.25) is 12.6 Å². The number of benzene rings is 3. The van der Waals surface area contributed by atoms with Crippen LogP contribution in [-0.4, -0.2) is 17.6 Å². The minimum absolute atomic E-state index is 0.0705. The number of carbonyl (C=O) groups excluding carboxylic acids is 1. The topological polar surface area (TPSA) is 69.0 Å². The molecule has 4 aromatic rings. The average Bonchev–Trinajstić information content (AvgIpc) is 3.38. The van der Waals surface area contributed by atoms with Crippen molar-refractivity contribution in [3.05, 3.63) is 104 Å². The number of rotatable bonds is 3. The van der Waals surface area contributed by atoms with Gasteiger partial charge in [-0.3, -0.25) is 9.59 Å². The number of carbonyl (C=O) groups is 1. The summed E-state index contributed by atoms with van der Waals surface area (Å²) < 4.78 is 16.9. The van der Waals surface area contributed by atoms with E-state index in [9.17, 15) is 9.59 Å². The van der Waals surface area contributed by atoms with Crippen LogP contribution in [0, 0.1) is 6.92 Å². The van der Waals surface area contributed by atoms with Gasteiger partial charge in [0.05, 0.1) is 17.0 Å². The van der Waals surface area contributed by atoms with Crippen LogP contribution in [0.5, 0.6) is 11.5 Å². The molecular formula is C26H18ClNO5. The molecule has 33 heavy (non-hydrogen) atoms. The van der Waals surface area contributed by atoms with Crippen molar-refractivity contribution >= 4 is 28.5 Å². The van der Waals surface area contributed by atoms with Gasteiger partial charge in [-0.05, 0) is 48.4 Å². The zero-order valence-electron chi connectivity index (χ0n) is 17.6. The van der Waals surface area contributed by atoms with E-state index >= 15 is 0 Å². The third kappa shape index (κ3) is 3.17. The minimum Gasteiger partial charge on any atom is -0.454 e. The van der Waals surface area contributed by atoms with Gasteiger partial charge in [0.1, 0.15) is 5.58 Å². The summed E-state index contributed by atoms with van der Waals surface area (Å²) in [6.07, 6.45) is 0. The molecule has 1 aromatic heterocycles. The maximum absolute atomic E-state index is 13.6. The van der Waals surface area contributed by atoms with E-state index in [-0.39, 0.29) is 30.4 Å². The Morgan fingerprint density at radius 3 is 2.58 bits per heavy atom. The number of amides is 1. The summed E-state index contributed by atoms with van der Waals surface area (Å²) in [6, 6.07) is 17.6. The normalized spacial score (nSPS) is 16.5. The summed E-state index contributed by atoms with van der Waals surface area (Å²) in [5, 5.41) is 0.791. The van der Waals surface area contributed by atoms with E-state index in [1.165, 1.54) is 0 Å². The molecule has 0 fully saturated rings. The van der Waals surface area contributed by atoms with E-state index < -0.39 is 6.04 Å². The monoisotopic (exact) mass is 459 g/mol. The Morgan fingerprint density at radius 2 is 1.76 bits per heavy atom. The fraction of sp³-hybridized carbons (Fsp3) is 0.154. The van der Waals surface area contributed by atoms with Crippen LogP contribution < -0.4 is 14.9 Å². The molecule has 1 amide bonds. The van der Waals surface area contributed by atoms with E-state index in [1.807, 2.05) is 49.4 Å². The zero-order valence-corrected chi connectivity index (χ0v) is 18.4. The third-order valence-corrected chi connectivity index (χ3v) is 6.35. The number of fused-ring (bicyclic) bond motifs is 3. The first-order chi connectivity index (χ1) is 16.0. The van der Waals surface area contributed by atoms with Crippen LogP contribution in [0.1, 0.15) is 38.9 Å². The molecule has 3 aromatic carbocycles. The molecule has 0 saturated carbocycles. The summed E-state index contributed by atoms with van der Waals surface area (Å²) in [7, 11) is 0. The second-order valence-corrected chi connectivity index (χ2v) is 8.68. The molecule has 0 N–H and O–H groups in total. The van der Waals surface area contributed by atoms with Gasteiger partial charge in [0.25, 0.3) is 5.91 Å². The second kappa shape index (κ2) is 7.39. The van der Waals surface area contributed by atoms with Crippen molar-refractivity contribution in [3.63, 3.8) is 0 Å². The van der Waals surface area contributed by atoms with Crippen molar-refractivity contribution in [2.24, 2.45) is 0 Å². The largest absolute Gasteiger partial charge is 0.454 e. The van der Waals surface area contributed by atoms with Gasteiger partial charge < -0.3 is 18.8 Å². The SMILES string of the molecule is Cc1ccc([C@H]2c3c(oc4ccc(Cl)cc4c3=O)C(=O)N2Cc2ccc3c(c2)OCO3)cc1. The molecular weight excluding hydrogens is 442 g/mol. The van der Waals surface area contributed by atoms with E-state index in [2.05, 4.69) is 0 Å².